The van der Waals surface area contributed by atoms with E-state index in [-0.39, 0.29) is 6.10 Å². The molecule has 0 saturated carbocycles. The number of nitrogen functional groups attached to an aromatic ring is 1. The minimum absolute atomic E-state index is 0.298. The first-order chi connectivity index (χ1) is 17.2. The monoisotopic (exact) mass is 503 g/mol. The highest BCUT2D eigenvalue weighted by molar-refractivity contribution is 5.47. The van der Waals surface area contributed by atoms with E-state index in [2.05, 4.69) is 11.9 Å². The summed E-state index contributed by atoms with van der Waals surface area (Å²) < 4.78 is 59.5. The summed E-state index contributed by atoms with van der Waals surface area (Å²) in [6.45, 7) is 5.12. The average molecular weight is 504 g/mol. The summed E-state index contributed by atoms with van der Waals surface area (Å²) in [6, 6.07) is 10.7. The summed E-state index contributed by atoms with van der Waals surface area (Å²) in [7, 11) is 0. The Bertz CT molecular complexity index is 1150. The van der Waals surface area contributed by atoms with Crippen molar-refractivity contribution in [1.82, 2.24) is 9.55 Å². The Morgan fingerprint density at radius 3 is 2.64 bits per heavy atom. The third-order valence-corrected chi connectivity index (χ3v) is 6.33. The van der Waals surface area contributed by atoms with Gasteiger partial charge in [0.1, 0.15) is 18.5 Å². The van der Waals surface area contributed by atoms with E-state index in [9.17, 15) is 13.2 Å². The lowest BCUT2D eigenvalue weighted by Gasteiger charge is -2.29. The first kappa shape index (κ1) is 26.0. The van der Waals surface area contributed by atoms with Crippen LogP contribution in [0.15, 0.2) is 55.0 Å². The summed E-state index contributed by atoms with van der Waals surface area (Å²) in [4.78, 5) is 4.29. The summed E-state index contributed by atoms with van der Waals surface area (Å²) >= 11 is 0. The number of ether oxygens (including phenoxy) is 3. The van der Waals surface area contributed by atoms with Crippen LogP contribution in [-0.2, 0) is 35.0 Å². The lowest BCUT2D eigenvalue weighted by molar-refractivity contribution is -0.184. The molecule has 1 saturated heterocycles. The van der Waals surface area contributed by atoms with Gasteiger partial charge in [0, 0.05) is 24.0 Å². The van der Waals surface area contributed by atoms with Crippen molar-refractivity contribution in [3.63, 3.8) is 0 Å². The molecule has 0 unspecified atom stereocenters. The summed E-state index contributed by atoms with van der Waals surface area (Å²) in [5.41, 5.74) is 8.64. The summed E-state index contributed by atoms with van der Waals surface area (Å²) in [5.74, 6) is -0.217. The van der Waals surface area contributed by atoms with Gasteiger partial charge in [-0.15, -0.1) is 0 Å². The second-order valence-corrected chi connectivity index (χ2v) is 9.26. The van der Waals surface area contributed by atoms with Crippen LogP contribution in [0.1, 0.15) is 42.1 Å². The molecule has 36 heavy (non-hydrogen) atoms. The fourth-order valence-corrected chi connectivity index (χ4v) is 4.42. The van der Waals surface area contributed by atoms with Crippen molar-refractivity contribution in [2.75, 3.05) is 18.9 Å². The van der Waals surface area contributed by atoms with E-state index in [1.807, 2.05) is 29.8 Å². The van der Waals surface area contributed by atoms with Crippen LogP contribution in [0, 0.1) is 6.92 Å². The maximum absolute atomic E-state index is 12.9. The van der Waals surface area contributed by atoms with Gasteiger partial charge in [-0.1, -0.05) is 25.5 Å². The minimum atomic E-state index is -4.36. The van der Waals surface area contributed by atoms with Gasteiger partial charge in [0.15, 0.2) is 5.79 Å². The van der Waals surface area contributed by atoms with Crippen LogP contribution < -0.4 is 10.5 Å². The Balaban J connectivity index is 1.46. The molecule has 1 fully saturated rings. The molecule has 1 aliphatic rings. The molecule has 9 heteroatoms. The Morgan fingerprint density at radius 1 is 1.17 bits per heavy atom. The number of rotatable bonds is 10. The Hall–Kier alpha value is -3.04. The van der Waals surface area contributed by atoms with E-state index < -0.39 is 17.5 Å². The van der Waals surface area contributed by atoms with Crippen LogP contribution in [-0.4, -0.2) is 34.7 Å². The first-order valence-electron chi connectivity index (χ1n) is 12.1. The highest BCUT2D eigenvalue weighted by Crippen LogP contribution is 2.33. The molecule has 194 valence electrons. The van der Waals surface area contributed by atoms with Gasteiger partial charge in [0.25, 0.3) is 0 Å². The lowest BCUT2D eigenvalue weighted by atomic mass is 10.0. The van der Waals surface area contributed by atoms with E-state index in [4.69, 9.17) is 19.9 Å². The van der Waals surface area contributed by atoms with Gasteiger partial charge in [0.2, 0.25) is 0 Å². The average Bonchev–Trinajstić information content (AvgIpc) is 3.44. The van der Waals surface area contributed by atoms with Crippen molar-refractivity contribution >= 4 is 5.69 Å². The number of alkyl halides is 3. The van der Waals surface area contributed by atoms with Crippen LogP contribution in [0.2, 0.25) is 0 Å². The van der Waals surface area contributed by atoms with Crippen molar-refractivity contribution in [3.8, 4) is 5.75 Å². The quantitative estimate of drug-likeness (QED) is 0.367. The van der Waals surface area contributed by atoms with E-state index >= 15 is 0 Å². The number of aromatic nitrogens is 2. The smallest absolute Gasteiger partial charge is 0.416 e. The van der Waals surface area contributed by atoms with E-state index in [1.165, 1.54) is 12.1 Å². The Kier molecular flexibility index (Phi) is 7.90. The predicted octanol–water partition coefficient (Wildman–Crippen LogP) is 5.57. The molecule has 0 aliphatic carbocycles. The molecule has 1 aromatic heterocycles. The molecular formula is C27H32F3N3O3. The van der Waals surface area contributed by atoms with Gasteiger partial charge in [-0.05, 0) is 61.2 Å². The molecule has 4 rings (SSSR count). The second-order valence-electron chi connectivity index (χ2n) is 9.26. The normalized spacial score (nSPS) is 20.1. The van der Waals surface area contributed by atoms with Crippen LogP contribution in [0.5, 0.6) is 5.75 Å². The number of anilines is 1. The van der Waals surface area contributed by atoms with Crippen molar-refractivity contribution < 1.29 is 27.4 Å². The highest BCUT2D eigenvalue weighted by atomic mass is 19.4. The molecule has 2 aromatic carbocycles. The van der Waals surface area contributed by atoms with E-state index in [0.29, 0.717) is 38.3 Å². The van der Waals surface area contributed by atoms with Crippen LogP contribution >= 0.6 is 0 Å². The largest absolute Gasteiger partial charge is 0.491 e. The molecule has 0 bridgehead atoms. The number of hydrogen-bond acceptors (Lipinski definition) is 5. The molecule has 1 aliphatic heterocycles. The topological polar surface area (TPSA) is 71.5 Å². The third kappa shape index (κ3) is 6.39. The standard InChI is InChI=1S/C27H32F3N3O3/c1-3-4-23-14-32-18-33(23)17-26(12-11-20-5-7-21(8-6-20)27(28,29)30)35-16-24(36-26)15-34-25-10-9-22(31)13-19(25)2/h5-10,13-14,18,24H,3-4,11-12,15-17,31H2,1-2H3/t24-,26+/m0/s1. The highest BCUT2D eigenvalue weighted by Gasteiger charge is 2.42. The van der Waals surface area contributed by atoms with E-state index in [1.54, 1.807) is 12.4 Å². The number of hydrogen-bond donors (Lipinski definition) is 1. The molecule has 3 aromatic rings. The van der Waals surface area contributed by atoms with Crippen molar-refractivity contribution in [2.45, 2.75) is 64.1 Å². The zero-order chi connectivity index (χ0) is 25.8. The zero-order valence-electron chi connectivity index (χ0n) is 20.6. The van der Waals surface area contributed by atoms with Gasteiger partial charge >= 0.3 is 6.18 Å². The minimum Gasteiger partial charge on any atom is -0.491 e. The second kappa shape index (κ2) is 10.9. The molecule has 0 spiro atoms. The Labute approximate surface area is 209 Å². The predicted molar refractivity (Wildman–Crippen MR) is 131 cm³/mol. The molecule has 2 heterocycles. The summed E-state index contributed by atoms with van der Waals surface area (Å²) in [5, 5.41) is 0. The molecule has 0 radical (unpaired) electrons. The lowest BCUT2D eigenvalue weighted by Crippen LogP contribution is -2.38. The van der Waals surface area contributed by atoms with Crippen LogP contribution in [0.25, 0.3) is 0 Å². The number of imidazole rings is 1. The van der Waals surface area contributed by atoms with Gasteiger partial charge in [-0.25, -0.2) is 4.98 Å². The van der Waals surface area contributed by atoms with Crippen molar-refractivity contribution in [3.05, 3.63) is 77.4 Å². The third-order valence-electron chi connectivity index (χ3n) is 6.33. The molecule has 2 N–H and O–H groups in total. The molecular weight excluding hydrogens is 471 g/mol. The fourth-order valence-electron chi connectivity index (χ4n) is 4.42. The fraction of sp³-hybridized carbons (Fsp3) is 0.444. The number of nitrogens with zero attached hydrogens (tertiary/aromatic N) is 2. The summed E-state index contributed by atoms with van der Waals surface area (Å²) in [6.07, 6.45) is 1.77. The van der Waals surface area contributed by atoms with Gasteiger partial charge in [-0.3, -0.25) is 0 Å². The maximum Gasteiger partial charge on any atom is 0.416 e. The number of halogens is 3. The van der Waals surface area contributed by atoms with Gasteiger partial charge < -0.3 is 24.5 Å². The maximum atomic E-state index is 12.9. The van der Waals surface area contributed by atoms with Crippen molar-refractivity contribution in [1.29, 1.82) is 0 Å². The van der Waals surface area contributed by atoms with Gasteiger partial charge in [-0.2, -0.15) is 13.2 Å². The molecule has 6 nitrogen and oxygen atoms in total. The number of aryl methyl sites for hydroxylation is 3. The van der Waals surface area contributed by atoms with Crippen LogP contribution in [0.4, 0.5) is 18.9 Å². The zero-order valence-corrected chi connectivity index (χ0v) is 20.6. The molecule has 0 amide bonds. The Morgan fingerprint density at radius 2 is 1.94 bits per heavy atom. The SMILES string of the molecule is CCCc1cncn1C[C@]1(CCc2ccc(C(F)(F)F)cc2)OC[C@H](COc2ccc(N)cc2C)O1. The first-order valence-corrected chi connectivity index (χ1v) is 12.1. The number of benzene rings is 2. The van der Waals surface area contributed by atoms with E-state index in [0.717, 1.165) is 47.5 Å². The molecule has 2 atom stereocenters. The number of nitrogens with two attached hydrogens (primary N) is 1. The van der Waals surface area contributed by atoms with Gasteiger partial charge in [0.05, 0.1) is 25.0 Å². The van der Waals surface area contributed by atoms with Crippen molar-refractivity contribution in [2.24, 2.45) is 0 Å². The van der Waals surface area contributed by atoms with Crippen LogP contribution in [0.3, 0.4) is 0 Å².